The Hall–Kier alpha value is -0.0500. The Morgan fingerprint density at radius 2 is 2.22 bits per heavy atom. The molecule has 0 bridgehead atoms. The second-order valence-corrected chi connectivity index (χ2v) is 6.58. The summed E-state index contributed by atoms with van der Waals surface area (Å²) in [5, 5.41) is 4.51. The summed E-state index contributed by atoms with van der Waals surface area (Å²) < 4.78 is 1.04. The number of rotatable bonds is 4. The number of hydrogen-bond acceptors (Lipinski definition) is 1. The predicted molar refractivity (Wildman–Crippen MR) is 82.0 cm³/mol. The molecule has 2 rings (SSSR count). The molecule has 1 aromatic rings. The van der Waals surface area contributed by atoms with E-state index in [2.05, 4.69) is 40.3 Å². The fraction of sp³-hybridized carbons (Fsp3) is 0.600. The van der Waals surface area contributed by atoms with Gasteiger partial charge in [-0.25, -0.2) is 0 Å². The van der Waals surface area contributed by atoms with Gasteiger partial charge >= 0.3 is 0 Å². The van der Waals surface area contributed by atoms with E-state index < -0.39 is 0 Å². The highest BCUT2D eigenvalue weighted by molar-refractivity contribution is 9.10. The van der Waals surface area contributed by atoms with Gasteiger partial charge in [0, 0.05) is 22.1 Å². The van der Waals surface area contributed by atoms with Crippen molar-refractivity contribution < 1.29 is 0 Å². The van der Waals surface area contributed by atoms with Crippen LogP contribution in [0.15, 0.2) is 22.7 Å². The Morgan fingerprint density at radius 1 is 1.39 bits per heavy atom. The van der Waals surface area contributed by atoms with Crippen LogP contribution in [0, 0.1) is 5.92 Å². The maximum Gasteiger partial charge on any atom is 0.0462 e. The van der Waals surface area contributed by atoms with Gasteiger partial charge in [-0.1, -0.05) is 59.8 Å². The third-order valence-corrected chi connectivity index (χ3v) is 4.80. The van der Waals surface area contributed by atoms with Crippen molar-refractivity contribution in [3.8, 4) is 0 Å². The molecule has 2 atom stereocenters. The van der Waals surface area contributed by atoms with Crippen LogP contribution in [-0.4, -0.2) is 6.04 Å². The van der Waals surface area contributed by atoms with E-state index in [4.69, 9.17) is 11.6 Å². The highest BCUT2D eigenvalue weighted by Gasteiger charge is 2.20. The average molecular weight is 331 g/mol. The molecular weight excluding hydrogens is 310 g/mol. The minimum Gasteiger partial charge on any atom is -0.310 e. The van der Waals surface area contributed by atoms with Gasteiger partial charge in [0.2, 0.25) is 0 Å². The molecule has 1 fully saturated rings. The molecule has 0 heterocycles. The summed E-state index contributed by atoms with van der Waals surface area (Å²) in [4.78, 5) is 0. The van der Waals surface area contributed by atoms with Gasteiger partial charge in [-0.3, -0.25) is 0 Å². The first-order valence-electron chi connectivity index (χ1n) is 6.86. The van der Waals surface area contributed by atoms with Gasteiger partial charge in [0.25, 0.3) is 0 Å². The smallest absolute Gasteiger partial charge is 0.0462 e. The van der Waals surface area contributed by atoms with Crippen molar-refractivity contribution in [3.05, 3.63) is 33.3 Å². The van der Waals surface area contributed by atoms with Crippen LogP contribution in [0.2, 0.25) is 5.02 Å². The van der Waals surface area contributed by atoms with E-state index in [1.165, 1.54) is 37.7 Å². The molecule has 0 radical (unpaired) electrons. The van der Waals surface area contributed by atoms with E-state index in [9.17, 15) is 0 Å². The number of nitrogens with one attached hydrogen (secondary N) is 1. The maximum atomic E-state index is 6.23. The van der Waals surface area contributed by atoms with Crippen molar-refractivity contribution >= 4 is 27.5 Å². The number of benzene rings is 1. The Kier molecular flexibility index (Phi) is 5.53. The van der Waals surface area contributed by atoms with Crippen molar-refractivity contribution in [2.75, 3.05) is 0 Å². The fourth-order valence-corrected chi connectivity index (χ4v) is 3.51. The third kappa shape index (κ3) is 3.97. The Morgan fingerprint density at radius 3 is 2.94 bits per heavy atom. The lowest BCUT2D eigenvalue weighted by Crippen LogP contribution is -2.33. The molecule has 0 spiro atoms. The van der Waals surface area contributed by atoms with Gasteiger partial charge in [0.1, 0.15) is 0 Å². The van der Waals surface area contributed by atoms with Crippen LogP contribution in [0.3, 0.4) is 0 Å². The molecule has 1 aliphatic carbocycles. The molecule has 100 valence electrons. The van der Waals surface area contributed by atoms with E-state index in [1.54, 1.807) is 0 Å². The van der Waals surface area contributed by atoms with Crippen LogP contribution < -0.4 is 5.32 Å². The lowest BCUT2D eigenvalue weighted by molar-refractivity contribution is 0.278. The van der Waals surface area contributed by atoms with E-state index in [1.807, 2.05) is 6.07 Å². The summed E-state index contributed by atoms with van der Waals surface area (Å²) in [5.41, 5.74) is 1.19. The molecule has 2 unspecified atom stereocenters. The van der Waals surface area contributed by atoms with Gasteiger partial charge in [-0.2, -0.15) is 0 Å². The average Bonchev–Trinajstić information content (AvgIpc) is 2.38. The lowest BCUT2D eigenvalue weighted by Gasteiger charge is -2.29. The third-order valence-electron chi connectivity index (χ3n) is 3.96. The number of halogens is 2. The first-order valence-corrected chi connectivity index (χ1v) is 8.03. The summed E-state index contributed by atoms with van der Waals surface area (Å²) in [6, 6.07) is 6.79. The van der Waals surface area contributed by atoms with E-state index in [0.29, 0.717) is 6.04 Å². The van der Waals surface area contributed by atoms with Crippen LogP contribution in [-0.2, 0) is 6.54 Å². The van der Waals surface area contributed by atoms with Gasteiger partial charge in [-0.15, -0.1) is 0 Å². The summed E-state index contributed by atoms with van der Waals surface area (Å²) in [6.07, 6.45) is 6.73. The summed E-state index contributed by atoms with van der Waals surface area (Å²) >= 11 is 9.67. The minimum atomic E-state index is 0.670. The SMILES string of the molecule is CCC1CCCC(NCc2ccc(Br)cc2Cl)C1. The van der Waals surface area contributed by atoms with Gasteiger partial charge in [0.15, 0.2) is 0 Å². The molecule has 0 saturated heterocycles. The van der Waals surface area contributed by atoms with Crippen LogP contribution >= 0.6 is 27.5 Å². The van der Waals surface area contributed by atoms with E-state index >= 15 is 0 Å². The molecule has 18 heavy (non-hydrogen) atoms. The van der Waals surface area contributed by atoms with Crippen molar-refractivity contribution in [1.29, 1.82) is 0 Å². The van der Waals surface area contributed by atoms with E-state index in [0.717, 1.165) is 22.0 Å². The molecule has 1 N–H and O–H groups in total. The van der Waals surface area contributed by atoms with Gasteiger partial charge in [0.05, 0.1) is 0 Å². The first-order chi connectivity index (χ1) is 8.69. The molecule has 0 aromatic heterocycles. The standard InChI is InChI=1S/C15H21BrClN/c1-2-11-4-3-5-14(8-11)18-10-12-6-7-13(16)9-15(12)17/h6-7,9,11,14,18H,2-5,8,10H2,1H3. The zero-order valence-corrected chi connectivity index (χ0v) is 13.2. The summed E-state index contributed by atoms with van der Waals surface area (Å²) in [6.45, 7) is 3.19. The summed E-state index contributed by atoms with van der Waals surface area (Å²) in [5.74, 6) is 0.914. The van der Waals surface area contributed by atoms with Crippen LogP contribution in [0.5, 0.6) is 0 Å². The number of hydrogen-bond donors (Lipinski definition) is 1. The lowest BCUT2D eigenvalue weighted by atomic mass is 9.84. The van der Waals surface area contributed by atoms with Gasteiger partial charge in [-0.05, 0) is 36.5 Å². The largest absolute Gasteiger partial charge is 0.310 e. The van der Waals surface area contributed by atoms with Crippen LogP contribution in [0.25, 0.3) is 0 Å². The van der Waals surface area contributed by atoms with Gasteiger partial charge < -0.3 is 5.32 Å². The molecule has 1 nitrogen and oxygen atoms in total. The molecular formula is C15H21BrClN. The molecule has 1 aliphatic rings. The molecule has 0 aliphatic heterocycles. The Bertz CT molecular complexity index is 394. The highest BCUT2D eigenvalue weighted by Crippen LogP contribution is 2.27. The first kappa shape index (κ1) is 14.4. The normalized spacial score (nSPS) is 24.2. The topological polar surface area (TPSA) is 12.0 Å². The predicted octanol–water partition coefficient (Wildman–Crippen LogP) is 5.16. The molecule has 3 heteroatoms. The zero-order chi connectivity index (χ0) is 13.0. The van der Waals surface area contributed by atoms with Crippen molar-refractivity contribution in [3.63, 3.8) is 0 Å². The second kappa shape index (κ2) is 6.93. The summed E-state index contributed by atoms with van der Waals surface area (Å²) in [7, 11) is 0. The monoisotopic (exact) mass is 329 g/mol. The highest BCUT2D eigenvalue weighted by atomic mass is 79.9. The minimum absolute atomic E-state index is 0.670. The van der Waals surface area contributed by atoms with Crippen molar-refractivity contribution in [2.45, 2.75) is 51.6 Å². The second-order valence-electron chi connectivity index (χ2n) is 5.25. The Labute approximate surface area is 123 Å². The molecule has 1 saturated carbocycles. The molecule has 0 amide bonds. The molecule has 1 aromatic carbocycles. The van der Waals surface area contributed by atoms with E-state index in [-0.39, 0.29) is 0 Å². The maximum absolute atomic E-state index is 6.23. The van der Waals surface area contributed by atoms with Crippen molar-refractivity contribution in [2.24, 2.45) is 5.92 Å². The quantitative estimate of drug-likeness (QED) is 0.804. The van der Waals surface area contributed by atoms with Crippen LogP contribution in [0.4, 0.5) is 0 Å². The Balaban J connectivity index is 1.87. The fourth-order valence-electron chi connectivity index (χ4n) is 2.77. The van der Waals surface area contributed by atoms with Crippen molar-refractivity contribution in [1.82, 2.24) is 5.32 Å². The van der Waals surface area contributed by atoms with Crippen LogP contribution in [0.1, 0.15) is 44.6 Å². The zero-order valence-electron chi connectivity index (χ0n) is 10.9.